The molecular formula is C18H16F3N5O3. The van der Waals surface area contributed by atoms with E-state index in [1.54, 1.807) is 18.2 Å². The molecule has 3 aromatic rings. The third-order valence-corrected chi connectivity index (χ3v) is 3.44. The lowest BCUT2D eigenvalue weighted by Gasteiger charge is -2.13. The molecule has 0 bridgehead atoms. The number of aromatic nitrogens is 4. The van der Waals surface area contributed by atoms with Crippen molar-refractivity contribution in [3.05, 3.63) is 60.4 Å². The summed E-state index contributed by atoms with van der Waals surface area (Å²) in [6.07, 6.45) is -4.49. The van der Waals surface area contributed by atoms with E-state index in [9.17, 15) is 18.0 Å². The molecule has 152 valence electrons. The van der Waals surface area contributed by atoms with E-state index in [0.29, 0.717) is 5.75 Å². The molecule has 0 aliphatic carbocycles. The lowest BCUT2D eigenvalue weighted by atomic mass is 10.3. The Morgan fingerprint density at radius 2 is 1.76 bits per heavy atom. The molecule has 2 aromatic carbocycles. The molecule has 0 aliphatic heterocycles. The molecule has 0 atom stereocenters. The van der Waals surface area contributed by atoms with Gasteiger partial charge in [0.05, 0.1) is 5.69 Å². The van der Waals surface area contributed by atoms with Crippen LogP contribution in [0.1, 0.15) is 5.82 Å². The van der Waals surface area contributed by atoms with E-state index in [-0.39, 0.29) is 30.4 Å². The van der Waals surface area contributed by atoms with Crippen molar-refractivity contribution in [2.24, 2.45) is 0 Å². The quantitative estimate of drug-likeness (QED) is 0.618. The van der Waals surface area contributed by atoms with Gasteiger partial charge in [0.25, 0.3) is 0 Å². The van der Waals surface area contributed by atoms with Gasteiger partial charge in [-0.15, -0.1) is 10.2 Å². The van der Waals surface area contributed by atoms with Crippen molar-refractivity contribution in [1.29, 1.82) is 0 Å². The number of halogens is 3. The maximum absolute atomic E-state index is 12.3. The van der Waals surface area contributed by atoms with E-state index in [4.69, 9.17) is 9.47 Å². The monoisotopic (exact) mass is 407 g/mol. The van der Waals surface area contributed by atoms with Crippen molar-refractivity contribution in [2.45, 2.75) is 19.3 Å². The van der Waals surface area contributed by atoms with Gasteiger partial charge in [0.2, 0.25) is 11.7 Å². The van der Waals surface area contributed by atoms with Crippen LogP contribution >= 0.6 is 0 Å². The molecule has 0 unspecified atom stereocenters. The first-order valence-electron chi connectivity index (χ1n) is 8.42. The first-order valence-corrected chi connectivity index (χ1v) is 8.42. The number of benzene rings is 2. The number of carbonyl (C=O) groups excluding carboxylic acids is 1. The molecule has 1 amide bonds. The molecule has 8 nitrogen and oxygen atoms in total. The van der Waals surface area contributed by atoms with Crippen LogP contribution in [0.4, 0.5) is 18.9 Å². The molecule has 11 heteroatoms. The highest BCUT2D eigenvalue weighted by atomic mass is 19.4. The van der Waals surface area contributed by atoms with Gasteiger partial charge in [0, 0.05) is 0 Å². The van der Waals surface area contributed by atoms with Crippen molar-refractivity contribution in [3.63, 3.8) is 0 Å². The topological polar surface area (TPSA) is 91.2 Å². The molecule has 29 heavy (non-hydrogen) atoms. The molecule has 0 fully saturated rings. The number of nitrogens with zero attached hydrogens (tertiary/aromatic N) is 4. The maximum atomic E-state index is 12.3. The Labute approximate surface area is 163 Å². The number of ether oxygens (including phenoxy) is 2. The van der Waals surface area contributed by atoms with Gasteiger partial charge in [-0.25, -0.2) is 0 Å². The molecule has 0 saturated carbocycles. The number of carbonyl (C=O) groups is 1. The van der Waals surface area contributed by atoms with Gasteiger partial charge in [0.1, 0.15) is 18.0 Å². The number of amides is 1. The smallest absolute Gasteiger partial charge is 0.422 e. The predicted molar refractivity (Wildman–Crippen MR) is 95.2 cm³/mol. The summed E-state index contributed by atoms with van der Waals surface area (Å²) in [6.45, 7) is -1.68. The third kappa shape index (κ3) is 6.48. The molecule has 0 saturated heterocycles. The Bertz CT molecular complexity index is 947. The van der Waals surface area contributed by atoms with Crippen LogP contribution in [0.25, 0.3) is 0 Å². The lowest BCUT2D eigenvalue weighted by molar-refractivity contribution is -0.153. The third-order valence-electron chi connectivity index (χ3n) is 3.44. The van der Waals surface area contributed by atoms with Crippen LogP contribution in [0.3, 0.4) is 0 Å². The minimum atomic E-state index is -4.49. The van der Waals surface area contributed by atoms with Crippen LogP contribution in [0.15, 0.2) is 54.6 Å². The number of hydrogen-bond acceptors (Lipinski definition) is 6. The number of anilines is 1. The number of nitrogens with one attached hydrogen (secondary N) is 1. The summed E-state index contributed by atoms with van der Waals surface area (Å²) in [5.74, 6) is 0.260. The highest BCUT2D eigenvalue weighted by Gasteiger charge is 2.28. The fourth-order valence-corrected chi connectivity index (χ4v) is 2.24. The molecule has 0 spiro atoms. The summed E-state index contributed by atoms with van der Waals surface area (Å²) in [5.41, 5.74) is 0.106. The molecule has 0 radical (unpaired) electrons. The molecule has 0 aliphatic rings. The SMILES string of the molecule is O=C(Cn1nnc(COc2ccccc2)n1)Nc1ccccc1OCC(F)(F)F. The number of rotatable bonds is 8. The highest BCUT2D eigenvalue weighted by Crippen LogP contribution is 2.26. The maximum Gasteiger partial charge on any atom is 0.422 e. The van der Waals surface area contributed by atoms with Crippen molar-refractivity contribution < 1.29 is 27.4 Å². The van der Waals surface area contributed by atoms with E-state index in [0.717, 1.165) is 4.80 Å². The summed E-state index contributed by atoms with van der Waals surface area (Å²) in [4.78, 5) is 13.2. The summed E-state index contributed by atoms with van der Waals surface area (Å²) in [7, 11) is 0. The first-order chi connectivity index (χ1) is 13.9. The molecule has 1 aromatic heterocycles. The minimum Gasteiger partial charge on any atom is -0.485 e. The van der Waals surface area contributed by atoms with Gasteiger partial charge in [0.15, 0.2) is 13.2 Å². The largest absolute Gasteiger partial charge is 0.485 e. The van der Waals surface area contributed by atoms with Gasteiger partial charge in [-0.05, 0) is 29.5 Å². The van der Waals surface area contributed by atoms with Gasteiger partial charge in [-0.2, -0.15) is 18.0 Å². The van der Waals surface area contributed by atoms with Crippen LogP contribution in [-0.4, -0.2) is 38.9 Å². The zero-order chi connectivity index (χ0) is 20.7. The second kappa shape index (κ2) is 9.04. The Morgan fingerprint density at radius 3 is 2.52 bits per heavy atom. The number of tetrazole rings is 1. The summed E-state index contributed by atoms with van der Waals surface area (Å²) < 4.78 is 47.3. The molecular weight excluding hydrogens is 391 g/mol. The fourth-order valence-electron chi connectivity index (χ4n) is 2.24. The van der Waals surface area contributed by atoms with E-state index in [1.165, 1.54) is 18.2 Å². The average Bonchev–Trinajstić information content (AvgIpc) is 3.13. The second-order valence-electron chi connectivity index (χ2n) is 5.79. The lowest BCUT2D eigenvalue weighted by Crippen LogP contribution is -2.22. The van der Waals surface area contributed by atoms with E-state index in [2.05, 4.69) is 20.7 Å². The van der Waals surface area contributed by atoms with E-state index >= 15 is 0 Å². The van der Waals surface area contributed by atoms with Gasteiger partial charge in [-0.1, -0.05) is 30.3 Å². The number of hydrogen-bond donors (Lipinski definition) is 1. The summed E-state index contributed by atoms with van der Waals surface area (Å²) >= 11 is 0. The highest BCUT2D eigenvalue weighted by molar-refractivity contribution is 5.91. The van der Waals surface area contributed by atoms with E-state index < -0.39 is 18.7 Å². The average molecular weight is 407 g/mol. The number of alkyl halides is 3. The van der Waals surface area contributed by atoms with Crippen LogP contribution in [0.5, 0.6) is 11.5 Å². The Kier molecular flexibility index (Phi) is 6.27. The van der Waals surface area contributed by atoms with Crippen LogP contribution in [0.2, 0.25) is 0 Å². The van der Waals surface area contributed by atoms with Crippen LogP contribution < -0.4 is 14.8 Å². The normalized spacial score (nSPS) is 11.1. The Balaban J connectivity index is 1.54. The van der Waals surface area contributed by atoms with Crippen molar-refractivity contribution in [2.75, 3.05) is 11.9 Å². The fraction of sp³-hybridized carbons (Fsp3) is 0.222. The zero-order valence-corrected chi connectivity index (χ0v) is 15.0. The Morgan fingerprint density at radius 1 is 1.03 bits per heavy atom. The predicted octanol–water partition coefficient (Wildman–Crippen LogP) is 2.83. The molecule has 1 N–H and O–H groups in total. The van der Waals surface area contributed by atoms with Crippen molar-refractivity contribution >= 4 is 11.6 Å². The molecule has 1 heterocycles. The zero-order valence-electron chi connectivity index (χ0n) is 15.0. The molecule has 3 rings (SSSR count). The minimum absolute atomic E-state index is 0.0692. The van der Waals surface area contributed by atoms with Crippen molar-refractivity contribution in [3.8, 4) is 11.5 Å². The summed E-state index contributed by atoms with van der Waals surface area (Å²) in [6, 6.07) is 14.9. The number of para-hydroxylation sites is 3. The van der Waals surface area contributed by atoms with Gasteiger partial charge < -0.3 is 14.8 Å². The van der Waals surface area contributed by atoms with Crippen molar-refractivity contribution in [1.82, 2.24) is 20.2 Å². The van der Waals surface area contributed by atoms with Crippen LogP contribution in [0, 0.1) is 0 Å². The first kappa shape index (κ1) is 20.1. The van der Waals surface area contributed by atoms with Crippen LogP contribution in [-0.2, 0) is 17.9 Å². The Hall–Kier alpha value is -3.63. The van der Waals surface area contributed by atoms with Gasteiger partial charge in [-0.3, -0.25) is 4.79 Å². The second-order valence-corrected chi connectivity index (χ2v) is 5.79. The summed E-state index contributed by atoms with van der Waals surface area (Å²) in [5, 5.41) is 14.0. The standard InChI is InChI=1S/C18H16F3N5O3/c19-18(20,21)12-29-15-9-5-4-8-14(15)22-17(27)10-26-24-16(23-25-26)11-28-13-6-2-1-3-7-13/h1-9H,10-12H2,(H,22,27). The van der Waals surface area contributed by atoms with Gasteiger partial charge >= 0.3 is 6.18 Å². The van der Waals surface area contributed by atoms with E-state index in [1.807, 2.05) is 18.2 Å².